The molecule has 0 aromatic carbocycles. The van der Waals surface area contributed by atoms with Crippen molar-refractivity contribution in [3.05, 3.63) is 23.8 Å². The molecule has 0 saturated carbocycles. The Labute approximate surface area is 127 Å². The van der Waals surface area contributed by atoms with E-state index in [9.17, 15) is 4.79 Å². The van der Waals surface area contributed by atoms with E-state index in [0.717, 1.165) is 31.3 Å². The molecule has 2 rings (SSSR count). The summed E-state index contributed by atoms with van der Waals surface area (Å²) in [5.74, 6) is 5.84. The van der Waals surface area contributed by atoms with Crippen molar-refractivity contribution >= 4 is 5.97 Å². The van der Waals surface area contributed by atoms with Gasteiger partial charge < -0.3 is 9.47 Å². The smallest absolute Gasteiger partial charge is 0.303 e. The molecule has 114 valence electrons. The zero-order valence-electron chi connectivity index (χ0n) is 13.1. The van der Waals surface area contributed by atoms with Gasteiger partial charge in [0.2, 0.25) is 0 Å². The largest absolute Gasteiger partial charge is 0.449 e. The third kappa shape index (κ3) is 3.98. The Morgan fingerprint density at radius 2 is 2.19 bits per heavy atom. The molecule has 0 amide bonds. The second kappa shape index (κ2) is 6.95. The normalized spacial score (nSPS) is 32.2. The van der Waals surface area contributed by atoms with Gasteiger partial charge in [-0.3, -0.25) is 4.79 Å². The van der Waals surface area contributed by atoms with E-state index >= 15 is 0 Å². The Hall–Kier alpha value is -1.53. The molecule has 2 aliphatic rings. The molecule has 3 heteroatoms. The van der Waals surface area contributed by atoms with Crippen molar-refractivity contribution in [2.75, 3.05) is 0 Å². The summed E-state index contributed by atoms with van der Waals surface area (Å²) in [6, 6.07) is 0. The minimum absolute atomic E-state index is 0.107. The van der Waals surface area contributed by atoms with Crippen molar-refractivity contribution in [1.82, 2.24) is 0 Å². The number of esters is 1. The van der Waals surface area contributed by atoms with Crippen LogP contribution in [0.25, 0.3) is 0 Å². The number of hydrogen-bond acceptors (Lipinski definition) is 3. The van der Waals surface area contributed by atoms with Crippen LogP contribution in [-0.4, -0.2) is 24.3 Å². The molecule has 0 saturated heterocycles. The van der Waals surface area contributed by atoms with Crippen LogP contribution in [0.15, 0.2) is 23.8 Å². The summed E-state index contributed by atoms with van der Waals surface area (Å²) in [6.45, 7) is 9.53. The van der Waals surface area contributed by atoms with Crippen molar-refractivity contribution in [2.45, 2.75) is 64.8 Å². The van der Waals surface area contributed by atoms with Crippen molar-refractivity contribution < 1.29 is 14.3 Å². The predicted molar refractivity (Wildman–Crippen MR) is 82.5 cm³/mol. The van der Waals surface area contributed by atoms with E-state index in [2.05, 4.69) is 31.4 Å². The van der Waals surface area contributed by atoms with Gasteiger partial charge >= 0.3 is 5.97 Å². The van der Waals surface area contributed by atoms with Gasteiger partial charge in [0, 0.05) is 13.3 Å². The third-order valence-electron chi connectivity index (χ3n) is 4.06. The van der Waals surface area contributed by atoms with E-state index < -0.39 is 6.10 Å². The first-order chi connectivity index (χ1) is 9.99. The summed E-state index contributed by atoms with van der Waals surface area (Å²) in [4.78, 5) is 11.4. The molecular weight excluding hydrogens is 264 g/mol. The number of ether oxygens (including phenoxy) is 2. The first kappa shape index (κ1) is 15.9. The van der Waals surface area contributed by atoms with Crippen LogP contribution in [0.3, 0.4) is 0 Å². The number of fused-ring (bicyclic) bond motifs is 2. The van der Waals surface area contributed by atoms with Gasteiger partial charge in [-0.15, -0.1) is 0 Å². The fraction of sp³-hybridized carbons (Fsp3) is 0.611. The van der Waals surface area contributed by atoms with Gasteiger partial charge in [-0.25, -0.2) is 0 Å². The lowest BCUT2D eigenvalue weighted by atomic mass is 9.89. The zero-order valence-corrected chi connectivity index (χ0v) is 13.1. The highest BCUT2D eigenvalue weighted by molar-refractivity contribution is 5.66. The van der Waals surface area contributed by atoms with Crippen molar-refractivity contribution in [3.63, 3.8) is 0 Å². The second-order valence-corrected chi connectivity index (χ2v) is 5.97. The fourth-order valence-electron chi connectivity index (χ4n) is 2.99. The molecule has 0 aromatic heterocycles. The summed E-state index contributed by atoms with van der Waals surface area (Å²) in [7, 11) is 0. The summed E-state index contributed by atoms with van der Waals surface area (Å²) in [5, 5.41) is 0. The van der Waals surface area contributed by atoms with Crippen LogP contribution in [0.1, 0.15) is 46.5 Å². The Balaban J connectivity index is 2.32. The lowest BCUT2D eigenvalue weighted by Gasteiger charge is -2.28. The molecule has 2 bridgehead atoms. The van der Waals surface area contributed by atoms with E-state index in [-0.39, 0.29) is 24.1 Å². The van der Waals surface area contributed by atoms with E-state index in [1.807, 2.05) is 6.92 Å². The van der Waals surface area contributed by atoms with Gasteiger partial charge in [-0.2, -0.15) is 0 Å². The van der Waals surface area contributed by atoms with E-state index in [4.69, 9.17) is 9.47 Å². The molecular formula is C18H24O3. The molecule has 0 N–H and O–H groups in total. The molecule has 2 heterocycles. The van der Waals surface area contributed by atoms with Gasteiger partial charge in [-0.05, 0) is 38.7 Å². The molecule has 0 spiro atoms. The van der Waals surface area contributed by atoms with Gasteiger partial charge in [-0.1, -0.05) is 30.1 Å². The third-order valence-corrected chi connectivity index (χ3v) is 4.06. The first-order valence-corrected chi connectivity index (χ1v) is 7.64. The van der Waals surface area contributed by atoms with Crippen LogP contribution < -0.4 is 0 Å². The maximum atomic E-state index is 11.4. The molecule has 21 heavy (non-hydrogen) atoms. The topological polar surface area (TPSA) is 35.5 Å². The zero-order chi connectivity index (χ0) is 15.4. The molecule has 2 aliphatic heterocycles. The SMILES string of the molecule is C=C(C)[C@H]1[C@@H](OC(C)=O)C#CCCCC[C@@H]2O[C@@H]1C=C2C. The Bertz CT molecular complexity index is 506. The maximum absolute atomic E-state index is 11.4. The molecule has 0 aliphatic carbocycles. The average Bonchev–Trinajstić information content (AvgIpc) is 2.70. The van der Waals surface area contributed by atoms with Gasteiger partial charge in [0.15, 0.2) is 6.10 Å². The summed E-state index contributed by atoms with van der Waals surface area (Å²) < 4.78 is 11.6. The van der Waals surface area contributed by atoms with Crippen LogP contribution in [0, 0.1) is 17.8 Å². The molecule has 0 fully saturated rings. The van der Waals surface area contributed by atoms with Crippen LogP contribution >= 0.6 is 0 Å². The molecule has 4 atom stereocenters. The molecule has 3 nitrogen and oxygen atoms in total. The molecule has 0 aromatic rings. The number of hydrogen-bond donors (Lipinski definition) is 0. The highest BCUT2D eigenvalue weighted by Crippen LogP contribution is 2.33. The minimum atomic E-state index is -0.481. The first-order valence-electron chi connectivity index (χ1n) is 7.64. The van der Waals surface area contributed by atoms with Gasteiger partial charge in [0.25, 0.3) is 0 Å². The van der Waals surface area contributed by atoms with Crippen LogP contribution in [0.5, 0.6) is 0 Å². The van der Waals surface area contributed by atoms with Crippen molar-refractivity contribution in [1.29, 1.82) is 0 Å². The standard InChI is InChI=1S/C18H24O3/c1-12(2)18-16(20-14(4)19)10-8-6-5-7-9-15-13(3)11-17(18)21-15/h11,15-18H,1,5-7,9H2,2-4H3/t15-,16-,17+,18-/m0/s1. The predicted octanol–water partition coefficient (Wildman–Crippen LogP) is 3.40. The Morgan fingerprint density at radius 1 is 1.43 bits per heavy atom. The van der Waals surface area contributed by atoms with Crippen LogP contribution in [-0.2, 0) is 14.3 Å². The quantitative estimate of drug-likeness (QED) is 0.444. The number of carbonyl (C=O) groups is 1. The summed E-state index contributed by atoms with van der Waals surface area (Å²) in [5.41, 5.74) is 2.20. The van der Waals surface area contributed by atoms with Crippen LogP contribution in [0.4, 0.5) is 0 Å². The summed E-state index contributed by atoms with van der Waals surface area (Å²) in [6.07, 6.45) is 5.75. The van der Waals surface area contributed by atoms with Crippen molar-refractivity contribution in [2.24, 2.45) is 5.92 Å². The molecule has 0 unspecified atom stereocenters. The lowest BCUT2D eigenvalue weighted by molar-refractivity contribution is -0.147. The number of carbonyl (C=O) groups excluding carboxylic acids is 1. The average molecular weight is 288 g/mol. The minimum Gasteiger partial charge on any atom is -0.449 e. The van der Waals surface area contributed by atoms with Gasteiger partial charge in [0.1, 0.15) is 0 Å². The maximum Gasteiger partial charge on any atom is 0.303 e. The highest BCUT2D eigenvalue weighted by Gasteiger charge is 2.36. The number of rotatable bonds is 2. The lowest BCUT2D eigenvalue weighted by Crippen LogP contribution is -2.35. The highest BCUT2D eigenvalue weighted by atomic mass is 16.5. The van der Waals surface area contributed by atoms with Gasteiger partial charge in [0.05, 0.1) is 18.1 Å². The second-order valence-electron chi connectivity index (χ2n) is 5.97. The van der Waals surface area contributed by atoms with Crippen LogP contribution in [0.2, 0.25) is 0 Å². The summed E-state index contributed by atoms with van der Waals surface area (Å²) >= 11 is 0. The Kier molecular flexibility index (Phi) is 5.25. The van der Waals surface area contributed by atoms with E-state index in [0.29, 0.717) is 0 Å². The molecule has 0 radical (unpaired) electrons. The van der Waals surface area contributed by atoms with Crippen molar-refractivity contribution in [3.8, 4) is 11.8 Å². The van der Waals surface area contributed by atoms with E-state index in [1.54, 1.807) is 0 Å². The monoisotopic (exact) mass is 288 g/mol. The van der Waals surface area contributed by atoms with E-state index in [1.165, 1.54) is 12.5 Å². The Morgan fingerprint density at radius 3 is 2.86 bits per heavy atom. The fourth-order valence-corrected chi connectivity index (χ4v) is 2.99.